The molecule has 33 heavy (non-hydrogen) atoms. The highest BCUT2D eigenvalue weighted by molar-refractivity contribution is 7.14. The third-order valence-corrected chi connectivity index (χ3v) is 5.42. The predicted octanol–water partition coefficient (Wildman–Crippen LogP) is 5.27. The van der Waals surface area contributed by atoms with Gasteiger partial charge in [0.15, 0.2) is 5.13 Å². The Morgan fingerprint density at radius 3 is 1.94 bits per heavy atom. The van der Waals surface area contributed by atoms with Gasteiger partial charge in [-0.3, -0.25) is 19.7 Å². The Morgan fingerprint density at radius 1 is 0.697 bits per heavy atom. The van der Waals surface area contributed by atoms with Crippen molar-refractivity contribution < 1.29 is 14.4 Å². The summed E-state index contributed by atoms with van der Waals surface area (Å²) >= 11 is 1.32. The van der Waals surface area contributed by atoms with Gasteiger partial charge in [-0.25, -0.2) is 4.98 Å². The Kier molecular flexibility index (Phi) is 6.56. The number of carbonyl (C=O) groups excluding carboxylic acids is 3. The molecule has 7 nitrogen and oxygen atoms in total. The van der Waals surface area contributed by atoms with Gasteiger partial charge in [-0.2, -0.15) is 0 Å². The molecule has 1 heterocycles. The van der Waals surface area contributed by atoms with Crippen LogP contribution in [-0.2, 0) is 4.79 Å². The van der Waals surface area contributed by atoms with E-state index >= 15 is 0 Å². The van der Waals surface area contributed by atoms with E-state index in [2.05, 4.69) is 20.9 Å². The fourth-order valence-corrected chi connectivity index (χ4v) is 3.77. The highest BCUT2D eigenvalue weighted by Gasteiger charge is 2.11. The van der Waals surface area contributed by atoms with Crippen LogP contribution < -0.4 is 16.0 Å². The molecule has 0 saturated carbocycles. The number of hydrogen-bond donors (Lipinski definition) is 3. The molecule has 0 aliphatic carbocycles. The van der Waals surface area contributed by atoms with Crippen LogP contribution in [0.25, 0.3) is 11.3 Å². The lowest BCUT2D eigenvalue weighted by molar-refractivity contribution is -0.114. The van der Waals surface area contributed by atoms with Crippen LogP contribution in [0.3, 0.4) is 0 Å². The van der Waals surface area contributed by atoms with Crippen molar-refractivity contribution in [1.29, 1.82) is 0 Å². The largest absolute Gasteiger partial charge is 0.326 e. The zero-order valence-electron chi connectivity index (χ0n) is 17.7. The number of amides is 3. The minimum atomic E-state index is -0.294. The molecule has 164 valence electrons. The maximum Gasteiger partial charge on any atom is 0.257 e. The molecule has 1 aromatic heterocycles. The molecule has 3 N–H and O–H groups in total. The minimum absolute atomic E-state index is 0.131. The molecule has 4 rings (SSSR count). The molecule has 4 aromatic rings. The topological polar surface area (TPSA) is 100 Å². The summed E-state index contributed by atoms with van der Waals surface area (Å²) in [5.74, 6) is -0.640. The van der Waals surface area contributed by atoms with Gasteiger partial charge in [0.25, 0.3) is 11.8 Å². The number of hydrogen-bond acceptors (Lipinski definition) is 5. The van der Waals surface area contributed by atoms with Gasteiger partial charge in [-0.15, -0.1) is 11.3 Å². The van der Waals surface area contributed by atoms with Crippen LogP contribution >= 0.6 is 11.3 Å². The second-order valence-corrected chi connectivity index (χ2v) is 8.01. The van der Waals surface area contributed by atoms with Gasteiger partial charge in [0, 0.05) is 40.4 Å². The van der Waals surface area contributed by atoms with Crippen LogP contribution in [0.1, 0.15) is 27.6 Å². The van der Waals surface area contributed by atoms with E-state index in [0.29, 0.717) is 27.6 Å². The quantitative estimate of drug-likeness (QED) is 0.368. The summed E-state index contributed by atoms with van der Waals surface area (Å²) in [4.78, 5) is 40.4. The summed E-state index contributed by atoms with van der Waals surface area (Å²) < 4.78 is 0. The SMILES string of the molecule is CC(=O)Nc1ccc(-c2csc(NC(=O)c3ccc(NC(=O)c4ccccc4)cc3)n2)cc1. The van der Waals surface area contributed by atoms with E-state index in [9.17, 15) is 14.4 Å². The number of rotatable bonds is 6. The van der Waals surface area contributed by atoms with Crippen molar-refractivity contribution >= 4 is 45.6 Å². The van der Waals surface area contributed by atoms with Crippen LogP contribution in [0, 0.1) is 0 Å². The zero-order valence-corrected chi connectivity index (χ0v) is 18.5. The molecule has 0 aliphatic rings. The second kappa shape index (κ2) is 9.88. The van der Waals surface area contributed by atoms with Gasteiger partial charge < -0.3 is 10.6 Å². The molecule has 3 amide bonds. The maximum atomic E-state index is 12.6. The molecule has 0 saturated heterocycles. The zero-order chi connectivity index (χ0) is 23.2. The van der Waals surface area contributed by atoms with Crippen molar-refractivity contribution in [2.45, 2.75) is 6.92 Å². The Bertz CT molecular complexity index is 1280. The summed E-state index contributed by atoms with van der Waals surface area (Å²) in [5, 5.41) is 10.6. The highest BCUT2D eigenvalue weighted by Crippen LogP contribution is 2.26. The lowest BCUT2D eigenvalue weighted by Gasteiger charge is -2.07. The Balaban J connectivity index is 1.37. The lowest BCUT2D eigenvalue weighted by atomic mass is 10.1. The molecule has 8 heteroatoms. The number of thiazole rings is 1. The van der Waals surface area contributed by atoms with Gasteiger partial charge in [0.05, 0.1) is 5.69 Å². The summed E-state index contributed by atoms with van der Waals surface area (Å²) in [7, 11) is 0. The van der Waals surface area contributed by atoms with E-state index in [-0.39, 0.29) is 17.7 Å². The Morgan fingerprint density at radius 2 is 1.27 bits per heavy atom. The fraction of sp³-hybridized carbons (Fsp3) is 0.0400. The molecular weight excluding hydrogens is 436 g/mol. The van der Waals surface area contributed by atoms with Crippen molar-refractivity contribution in [3.05, 3.63) is 95.4 Å². The number of aromatic nitrogens is 1. The third kappa shape index (κ3) is 5.69. The molecule has 0 fully saturated rings. The molecule has 0 spiro atoms. The highest BCUT2D eigenvalue weighted by atomic mass is 32.1. The van der Waals surface area contributed by atoms with Gasteiger partial charge in [-0.05, 0) is 48.5 Å². The van der Waals surface area contributed by atoms with Crippen LogP contribution in [0.15, 0.2) is 84.2 Å². The van der Waals surface area contributed by atoms with Gasteiger partial charge in [-0.1, -0.05) is 30.3 Å². The standard InChI is InChI=1S/C25H20N4O3S/c1-16(30)26-20-11-7-17(8-12-20)22-15-33-25(28-22)29-24(32)19-9-13-21(14-10-19)27-23(31)18-5-3-2-4-6-18/h2-15H,1H3,(H,26,30)(H,27,31)(H,28,29,32). The van der Waals surface area contributed by atoms with E-state index in [1.165, 1.54) is 18.3 Å². The van der Waals surface area contributed by atoms with Crippen LogP contribution in [0.2, 0.25) is 0 Å². The summed E-state index contributed by atoms with van der Waals surface area (Å²) in [6, 6.07) is 22.9. The molecule has 0 radical (unpaired) electrons. The van der Waals surface area contributed by atoms with Crippen molar-refractivity contribution in [2.24, 2.45) is 0 Å². The van der Waals surface area contributed by atoms with E-state index < -0.39 is 0 Å². The van der Waals surface area contributed by atoms with E-state index in [4.69, 9.17) is 0 Å². The maximum absolute atomic E-state index is 12.6. The number of nitrogens with zero attached hydrogens (tertiary/aromatic N) is 1. The Hall–Kier alpha value is -4.30. The molecule has 0 unspecified atom stereocenters. The number of carbonyl (C=O) groups is 3. The number of nitrogens with one attached hydrogen (secondary N) is 3. The van der Waals surface area contributed by atoms with Crippen molar-refractivity contribution in [3.8, 4) is 11.3 Å². The van der Waals surface area contributed by atoms with Crippen molar-refractivity contribution in [2.75, 3.05) is 16.0 Å². The number of benzene rings is 3. The minimum Gasteiger partial charge on any atom is -0.326 e. The molecule has 0 bridgehead atoms. The first-order chi connectivity index (χ1) is 16.0. The van der Waals surface area contributed by atoms with E-state index in [1.54, 1.807) is 60.7 Å². The summed E-state index contributed by atoms with van der Waals surface area (Å²) in [5.41, 5.74) is 3.91. The first kappa shape index (κ1) is 21.9. The second-order valence-electron chi connectivity index (χ2n) is 7.15. The van der Waals surface area contributed by atoms with Crippen LogP contribution in [0.4, 0.5) is 16.5 Å². The Labute approximate surface area is 194 Å². The first-order valence-corrected chi connectivity index (χ1v) is 11.0. The van der Waals surface area contributed by atoms with E-state index in [0.717, 1.165) is 11.3 Å². The van der Waals surface area contributed by atoms with Gasteiger partial charge in [0.1, 0.15) is 0 Å². The molecule has 0 aliphatic heterocycles. The van der Waals surface area contributed by atoms with Gasteiger partial charge >= 0.3 is 0 Å². The molecule has 3 aromatic carbocycles. The predicted molar refractivity (Wildman–Crippen MR) is 131 cm³/mol. The van der Waals surface area contributed by atoms with Crippen molar-refractivity contribution in [3.63, 3.8) is 0 Å². The van der Waals surface area contributed by atoms with Crippen LogP contribution in [-0.4, -0.2) is 22.7 Å². The normalized spacial score (nSPS) is 10.3. The summed E-state index contributed by atoms with van der Waals surface area (Å²) in [6.45, 7) is 1.46. The smallest absolute Gasteiger partial charge is 0.257 e. The van der Waals surface area contributed by atoms with Gasteiger partial charge in [0.2, 0.25) is 5.91 Å². The van der Waals surface area contributed by atoms with Crippen LogP contribution in [0.5, 0.6) is 0 Å². The lowest BCUT2D eigenvalue weighted by Crippen LogP contribution is -2.13. The molecule has 0 atom stereocenters. The van der Waals surface area contributed by atoms with E-state index in [1.807, 2.05) is 23.6 Å². The summed E-state index contributed by atoms with van der Waals surface area (Å²) in [6.07, 6.45) is 0. The van der Waals surface area contributed by atoms with Crippen molar-refractivity contribution in [1.82, 2.24) is 4.98 Å². The first-order valence-electron chi connectivity index (χ1n) is 10.1. The fourth-order valence-electron chi connectivity index (χ4n) is 3.06. The average molecular weight is 457 g/mol. The molecular formula is C25H20N4O3S. The average Bonchev–Trinajstić information content (AvgIpc) is 3.28. The third-order valence-electron chi connectivity index (χ3n) is 4.67. The monoisotopic (exact) mass is 456 g/mol. The number of anilines is 3.